The number of nitrogens with zero attached hydrogens (tertiary/aromatic N) is 3. The van der Waals surface area contributed by atoms with Gasteiger partial charge in [0.05, 0.1) is 13.1 Å². The number of halogens is 3. The lowest BCUT2D eigenvalue weighted by Crippen LogP contribution is -2.58. The third kappa shape index (κ3) is 7.20. The Balaban J connectivity index is 1.32. The van der Waals surface area contributed by atoms with Gasteiger partial charge in [0, 0.05) is 41.5 Å². The normalized spacial score (nSPS) is 18.0. The number of benzene rings is 1. The van der Waals surface area contributed by atoms with Gasteiger partial charge < -0.3 is 25.4 Å². The highest BCUT2D eigenvalue weighted by atomic mass is 35.5. The lowest BCUT2D eigenvalue weighted by atomic mass is 9.97. The van der Waals surface area contributed by atoms with E-state index in [0.717, 1.165) is 23.3 Å². The Morgan fingerprint density at radius 3 is 2.38 bits per heavy atom. The fourth-order valence-electron chi connectivity index (χ4n) is 5.66. The molecule has 3 fully saturated rings. The van der Waals surface area contributed by atoms with E-state index in [9.17, 15) is 23.2 Å². The predicted molar refractivity (Wildman–Crippen MR) is 170 cm³/mol. The van der Waals surface area contributed by atoms with Gasteiger partial charge in [0.2, 0.25) is 0 Å². The van der Waals surface area contributed by atoms with E-state index in [1.165, 1.54) is 18.9 Å². The van der Waals surface area contributed by atoms with Crippen LogP contribution in [0.1, 0.15) is 78.8 Å². The number of rotatable bonds is 11. The van der Waals surface area contributed by atoms with Crippen molar-refractivity contribution in [1.29, 1.82) is 0 Å². The van der Waals surface area contributed by atoms with Crippen LogP contribution in [0, 0.1) is 5.92 Å². The monoisotopic (exact) mass is 638 g/mol. The Labute approximate surface area is 265 Å². The average Bonchev–Trinajstić information content (AvgIpc) is 3.88. The molecule has 0 unspecified atom stereocenters. The number of carbonyl (C=O) groups excluding carboxylic acids is 2. The largest absolute Gasteiger partial charge is 0.368 e. The van der Waals surface area contributed by atoms with Crippen molar-refractivity contribution in [3.8, 4) is 11.1 Å². The molecule has 2 saturated carbocycles. The van der Waals surface area contributed by atoms with Crippen molar-refractivity contribution in [2.75, 3.05) is 23.7 Å². The van der Waals surface area contributed by atoms with E-state index in [2.05, 4.69) is 27.9 Å². The van der Waals surface area contributed by atoms with Gasteiger partial charge in [-0.3, -0.25) is 14.4 Å². The standard InChI is InChI=1S/C33H37ClF2N6O3/c1-18(2)38-28-11-22(25-9-6-23(34)13-26(25)31(44)41-16-33(35,36)17-41)12-29(39-28)40-30(43)27-10-20(14-37-19(3)21-4-5-21)15-42(32(27)45)24-7-8-24/h6,9-13,15,18-19,21,24,37H,4-5,7-8,14,16-17H2,1-3H3,(H2,38,39,40,43)/t19-/m0/s1. The van der Waals surface area contributed by atoms with Crippen LogP contribution in [0.25, 0.3) is 11.1 Å². The maximum absolute atomic E-state index is 13.7. The van der Waals surface area contributed by atoms with Gasteiger partial charge in [-0.25, -0.2) is 13.8 Å². The van der Waals surface area contributed by atoms with E-state index in [1.807, 2.05) is 20.0 Å². The summed E-state index contributed by atoms with van der Waals surface area (Å²) in [4.78, 5) is 46.0. The molecule has 1 saturated heterocycles. The Kier molecular flexibility index (Phi) is 8.43. The number of hydrogen-bond donors (Lipinski definition) is 3. The van der Waals surface area contributed by atoms with Crippen molar-refractivity contribution < 1.29 is 18.4 Å². The van der Waals surface area contributed by atoms with Crippen molar-refractivity contribution in [3.05, 3.63) is 74.7 Å². The molecule has 0 bridgehead atoms. The summed E-state index contributed by atoms with van der Waals surface area (Å²) < 4.78 is 28.8. The van der Waals surface area contributed by atoms with Crippen LogP contribution in [0.3, 0.4) is 0 Å². The quantitative estimate of drug-likeness (QED) is 0.240. The van der Waals surface area contributed by atoms with Crippen LogP contribution in [0.5, 0.6) is 0 Å². The minimum absolute atomic E-state index is 0.0149. The number of pyridine rings is 2. The van der Waals surface area contributed by atoms with Gasteiger partial charge in [-0.1, -0.05) is 17.7 Å². The first-order chi connectivity index (χ1) is 21.4. The molecule has 2 aromatic heterocycles. The summed E-state index contributed by atoms with van der Waals surface area (Å²) in [6.07, 6.45) is 6.05. The van der Waals surface area contributed by atoms with Crippen LogP contribution in [-0.2, 0) is 6.54 Å². The topological polar surface area (TPSA) is 108 Å². The zero-order valence-corrected chi connectivity index (χ0v) is 26.3. The Morgan fingerprint density at radius 1 is 1.02 bits per heavy atom. The molecule has 3 aliphatic rings. The van der Waals surface area contributed by atoms with Gasteiger partial charge in [0.25, 0.3) is 23.3 Å². The highest BCUT2D eigenvalue weighted by Gasteiger charge is 2.46. The van der Waals surface area contributed by atoms with Gasteiger partial charge in [-0.2, -0.15) is 0 Å². The minimum atomic E-state index is -2.92. The minimum Gasteiger partial charge on any atom is -0.368 e. The third-order valence-electron chi connectivity index (χ3n) is 8.40. The Morgan fingerprint density at radius 2 is 1.73 bits per heavy atom. The second-order valence-electron chi connectivity index (χ2n) is 12.8. The number of hydrogen-bond acceptors (Lipinski definition) is 6. The molecule has 3 N–H and O–H groups in total. The van der Waals surface area contributed by atoms with Gasteiger partial charge in [0.1, 0.15) is 17.2 Å². The zero-order valence-electron chi connectivity index (χ0n) is 25.5. The summed E-state index contributed by atoms with van der Waals surface area (Å²) in [6, 6.07) is 10.1. The Hall–Kier alpha value is -3.83. The molecule has 238 valence electrons. The van der Waals surface area contributed by atoms with Crippen LogP contribution in [-0.4, -0.2) is 57.4 Å². The van der Waals surface area contributed by atoms with E-state index in [0.29, 0.717) is 35.4 Å². The van der Waals surface area contributed by atoms with Crippen LogP contribution in [0.15, 0.2) is 47.4 Å². The van der Waals surface area contributed by atoms with Gasteiger partial charge in [-0.05, 0) is 99.4 Å². The van der Waals surface area contributed by atoms with Crippen molar-refractivity contribution in [1.82, 2.24) is 19.8 Å². The summed E-state index contributed by atoms with van der Waals surface area (Å²) in [5, 5.41) is 9.83. The SMILES string of the molecule is CC(C)Nc1cc(-c2ccc(Cl)cc2C(=O)N2CC(F)(F)C2)cc(NC(=O)c2cc(CN[C@@H](C)C3CC3)cn(C3CC3)c2=O)n1. The molecule has 3 heterocycles. The molecule has 2 amide bonds. The fraction of sp³-hybridized carbons (Fsp3) is 0.455. The summed E-state index contributed by atoms with van der Waals surface area (Å²) in [5.41, 5.74) is 1.62. The summed E-state index contributed by atoms with van der Waals surface area (Å²) in [5.74, 6) is -2.84. The number of carbonyl (C=O) groups is 2. The molecule has 1 atom stereocenters. The summed E-state index contributed by atoms with van der Waals surface area (Å²) in [7, 11) is 0. The van der Waals surface area contributed by atoms with Gasteiger partial charge in [0.15, 0.2) is 0 Å². The lowest BCUT2D eigenvalue weighted by Gasteiger charge is -2.39. The summed E-state index contributed by atoms with van der Waals surface area (Å²) in [6.45, 7) is 5.22. The van der Waals surface area contributed by atoms with E-state index in [4.69, 9.17) is 11.6 Å². The van der Waals surface area contributed by atoms with Crippen molar-refractivity contribution >= 4 is 35.1 Å². The van der Waals surface area contributed by atoms with Gasteiger partial charge >= 0.3 is 0 Å². The maximum atomic E-state index is 13.7. The lowest BCUT2D eigenvalue weighted by molar-refractivity contribution is -0.113. The maximum Gasteiger partial charge on any atom is 0.282 e. The fourth-order valence-corrected chi connectivity index (χ4v) is 5.83. The van der Waals surface area contributed by atoms with Crippen molar-refractivity contribution in [2.45, 2.75) is 77.0 Å². The Bertz CT molecular complexity index is 1690. The van der Waals surface area contributed by atoms with Crippen molar-refractivity contribution in [2.24, 2.45) is 5.92 Å². The molecule has 0 radical (unpaired) electrons. The highest BCUT2D eigenvalue weighted by Crippen LogP contribution is 2.36. The molecule has 6 rings (SSSR count). The first-order valence-electron chi connectivity index (χ1n) is 15.4. The second-order valence-corrected chi connectivity index (χ2v) is 13.2. The molecule has 0 spiro atoms. The van der Waals surface area contributed by atoms with E-state index >= 15 is 0 Å². The third-order valence-corrected chi connectivity index (χ3v) is 8.63. The van der Waals surface area contributed by atoms with Crippen LogP contribution < -0.4 is 21.5 Å². The molecule has 3 aromatic rings. The molecule has 45 heavy (non-hydrogen) atoms. The molecule has 1 aromatic carbocycles. The molecule has 1 aliphatic heterocycles. The molecular formula is C33H37ClF2N6O3. The van der Waals surface area contributed by atoms with Crippen molar-refractivity contribution in [3.63, 3.8) is 0 Å². The number of alkyl halides is 2. The summed E-state index contributed by atoms with van der Waals surface area (Å²) >= 11 is 6.23. The van der Waals surface area contributed by atoms with Crippen LogP contribution in [0.4, 0.5) is 20.4 Å². The highest BCUT2D eigenvalue weighted by molar-refractivity contribution is 6.31. The number of likely N-dealkylation sites (tertiary alicyclic amines) is 1. The van der Waals surface area contributed by atoms with Crippen LogP contribution >= 0.6 is 11.6 Å². The first kappa shape index (κ1) is 31.2. The second kappa shape index (κ2) is 12.2. The first-order valence-corrected chi connectivity index (χ1v) is 15.8. The number of nitrogens with one attached hydrogen (secondary N) is 3. The average molecular weight is 639 g/mol. The molecule has 2 aliphatic carbocycles. The smallest absolute Gasteiger partial charge is 0.282 e. The van der Waals surface area contributed by atoms with E-state index in [-0.39, 0.29) is 39.6 Å². The zero-order chi connectivity index (χ0) is 32.0. The number of anilines is 2. The van der Waals surface area contributed by atoms with Crippen LogP contribution in [0.2, 0.25) is 5.02 Å². The number of amides is 2. The molecule has 9 nitrogen and oxygen atoms in total. The predicted octanol–water partition coefficient (Wildman–Crippen LogP) is 5.95. The molecule has 12 heteroatoms. The van der Waals surface area contributed by atoms with Gasteiger partial charge in [-0.15, -0.1) is 0 Å². The van der Waals surface area contributed by atoms with E-state index in [1.54, 1.807) is 34.9 Å². The van der Waals surface area contributed by atoms with E-state index < -0.39 is 30.8 Å². The molecular weight excluding hydrogens is 602 g/mol. The number of aromatic nitrogens is 2.